The van der Waals surface area contributed by atoms with Gasteiger partial charge in [-0.25, -0.2) is 9.59 Å². The van der Waals surface area contributed by atoms with Gasteiger partial charge >= 0.3 is 11.9 Å². The van der Waals surface area contributed by atoms with Gasteiger partial charge in [-0.3, -0.25) is 0 Å². The normalized spacial score (nSPS) is 33.8. The number of ether oxygens (including phenoxy) is 2. The van der Waals surface area contributed by atoms with Crippen LogP contribution in [-0.4, -0.2) is 25.2 Å². The minimum Gasteiger partial charge on any atom is -0.463 e. The van der Waals surface area contributed by atoms with Crippen LogP contribution in [0.25, 0.3) is 0 Å². The second-order valence-corrected chi connectivity index (χ2v) is 8.23. The Balaban J connectivity index is 1.39. The Bertz CT molecular complexity index is 459. The summed E-state index contributed by atoms with van der Waals surface area (Å²) in [6.45, 7) is 3.03. The van der Waals surface area contributed by atoms with Crippen LogP contribution in [0, 0.1) is 23.2 Å². The van der Waals surface area contributed by atoms with Crippen LogP contribution in [0.1, 0.15) is 64.7 Å². The van der Waals surface area contributed by atoms with E-state index in [2.05, 4.69) is 6.92 Å². The summed E-state index contributed by atoms with van der Waals surface area (Å²) in [7, 11) is 0. The molecule has 4 rings (SSSR count). The van der Waals surface area contributed by atoms with Gasteiger partial charge in [-0.15, -0.1) is 0 Å². The van der Waals surface area contributed by atoms with Crippen molar-refractivity contribution in [3.63, 3.8) is 0 Å². The fraction of sp³-hybridized carbons (Fsp3) is 0.800. The van der Waals surface area contributed by atoms with Gasteiger partial charge in [-0.05, 0) is 62.7 Å². The first kappa shape index (κ1) is 17.5. The molecule has 0 N–H and O–H groups in total. The fourth-order valence-corrected chi connectivity index (χ4v) is 5.45. The van der Waals surface area contributed by atoms with Crippen molar-refractivity contribution in [2.75, 3.05) is 13.2 Å². The Hall–Kier alpha value is -1.32. The Kier molecular flexibility index (Phi) is 5.62. The molecular weight excluding hydrogens is 304 g/mol. The molecule has 4 fully saturated rings. The van der Waals surface area contributed by atoms with E-state index in [0.717, 1.165) is 37.0 Å². The Morgan fingerprint density at radius 1 is 0.917 bits per heavy atom. The van der Waals surface area contributed by atoms with Crippen molar-refractivity contribution in [3.8, 4) is 0 Å². The number of esters is 2. The lowest BCUT2D eigenvalue weighted by molar-refractivity contribution is -0.150. The van der Waals surface area contributed by atoms with Crippen LogP contribution < -0.4 is 0 Å². The summed E-state index contributed by atoms with van der Waals surface area (Å²) >= 11 is 0. The highest BCUT2D eigenvalue weighted by molar-refractivity contribution is 5.91. The number of hydrogen-bond acceptors (Lipinski definition) is 4. The van der Waals surface area contributed by atoms with Crippen molar-refractivity contribution in [3.05, 3.63) is 12.2 Å². The van der Waals surface area contributed by atoms with Crippen LogP contribution >= 0.6 is 0 Å². The predicted molar refractivity (Wildman–Crippen MR) is 91.2 cm³/mol. The number of carbonyl (C=O) groups excluding carboxylic acids is 2. The number of unbranched alkanes of at least 4 members (excludes halogenated alkanes) is 2. The topological polar surface area (TPSA) is 52.6 Å². The third-order valence-electron chi connectivity index (χ3n) is 6.03. The Morgan fingerprint density at radius 3 is 2.00 bits per heavy atom. The third kappa shape index (κ3) is 4.40. The van der Waals surface area contributed by atoms with Gasteiger partial charge < -0.3 is 9.47 Å². The number of carbonyl (C=O) groups is 2. The average molecular weight is 334 g/mol. The molecule has 134 valence electrons. The van der Waals surface area contributed by atoms with Crippen LogP contribution in [0.3, 0.4) is 0 Å². The molecule has 0 aromatic rings. The molecule has 0 radical (unpaired) electrons. The lowest BCUT2D eigenvalue weighted by Gasteiger charge is -2.56. The van der Waals surface area contributed by atoms with E-state index in [0.29, 0.717) is 13.2 Å². The van der Waals surface area contributed by atoms with Crippen LogP contribution in [-0.2, 0) is 19.1 Å². The maximum Gasteiger partial charge on any atom is 0.331 e. The maximum atomic E-state index is 11.9. The van der Waals surface area contributed by atoms with E-state index in [1.54, 1.807) is 0 Å². The lowest BCUT2D eigenvalue weighted by atomic mass is 9.50. The third-order valence-corrected chi connectivity index (χ3v) is 6.03. The predicted octanol–water partition coefficient (Wildman–Crippen LogP) is 4.04. The molecule has 0 atom stereocenters. The van der Waals surface area contributed by atoms with Gasteiger partial charge in [0.05, 0.1) is 13.2 Å². The van der Waals surface area contributed by atoms with E-state index in [4.69, 9.17) is 9.47 Å². The number of hydrogen-bond donors (Lipinski definition) is 0. The zero-order valence-electron chi connectivity index (χ0n) is 14.8. The molecule has 4 saturated carbocycles. The molecule has 0 aliphatic heterocycles. The highest BCUT2D eigenvalue weighted by Crippen LogP contribution is 2.60. The van der Waals surface area contributed by atoms with E-state index < -0.39 is 11.9 Å². The molecule has 0 heterocycles. The molecule has 0 amide bonds. The van der Waals surface area contributed by atoms with Crippen molar-refractivity contribution in [2.45, 2.75) is 64.7 Å². The van der Waals surface area contributed by atoms with Gasteiger partial charge in [-0.1, -0.05) is 19.8 Å². The molecule has 0 saturated heterocycles. The first-order chi connectivity index (χ1) is 11.6. The summed E-state index contributed by atoms with van der Waals surface area (Å²) in [5.74, 6) is 1.67. The second-order valence-electron chi connectivity index (χ2n) is 8.23. The minimum atomic E-state index is -0.460. The molecule has 4 aliphatic carbocycles. The molecule has 0 aromatic heterocycles. The molecular formula is C20H30O4. The first-order valence-corrected chi connectivity index (χ1v) is 9.60. The quantitative estimate of drug-likeness (QED) is 0.382. The zero-order valence-corrected chi connectivity index (χ0v) is 14.8. The van der Waals surface area contributed by atoms with Gasteiger partial charge in [0.15, 0.2) is 0 Å². The van der Waals surface area contributed by atoms with E-state index in [-0.39, 0.29) is 5.41 Å². The van der Waals surface area contributed by atoms with Crippen molar-refractivity contribution >= 4 is 11.9 Å². The Labute approximate surface area is 145 Å². The number of rotatable bonds is 8. The maximum absolute atomic E-state index is 11.9. The minimum absolute atomic E-state index is 0.221. The van der Waals surface area contributed by atoms with Crippen LogP contribution in [0.5, 0.6) is 0 Å². The average Bonchev–Trinajstić information content (AvgIpc) is 2.54. The van der Waals surface area contributed by atoms with Crippen LogP contribution in [0.15, 0.2) is 12.2 Å². The van der Waals surface area contributed by atoms with Crippen LogP contribution in [0.2, 0.25) is 0 Å². The smallest absolute Gasteiger partial charge is 0.331 e. The summed E-state index contributed by atoms with van der Waals surface area (Å²) < 4.78 is 10.5. The molecule has 0 spiro atoms. The van der Waals surface area contributed by atoms with E-state index >= 15 is 0 Å². The highest BCUT2D eigenvalue weighted by Gasteiger charge is 2.51. The van der Waals surface area contributed by atoms with Gasteiger partial charge in [0.2, 0.25) is 0 Å². The van der Waals surface area contributed by atoms with Gasteiger partial charge in [0, 0.05) is 17.6 Å². The standard InChI is InChI=1S/C20H30O4/c1-2-3-4-7-23-18(21)5-6-19(22)24-14-20-11-15-8-16(12-20)10-17(9-15)13-20/h5-6,15-17H,2-4,7-14H2,1H3/b6-5+. The largest absolute Gasteiger partial charge is 0.463 e. The first-order valence-electron chi connectivity index (χ1n) is 9.60. The highest BCUT2D eigenvalue weighted by atomic mass is 16.5. The van der Waals surface area contributed by atoms with Crippen molar-refractivity contribution < 1.29 is 19.1 Å². The van der Waals surface area contributed by atoms with Crippen molar-refractivity contribution in [2.24, 2.45) is 23.2 Å². The van der Waals surface area contributed by atoms with Gasteiger partial charge in [0.1, 0.15) is 0 Å². The molecule has 4 nitrogen and oxygen atoms in total. The van der Waals surface area contributed by atoms with Gasteiger partial charge in [-0.2, -0.15) is 0 Å². The summed E-state index contributed by atoms with van der Waals surface area (Å²) in [6.07, 6.45) is 13.2. The molecule has 4 heteroatoms. The monoisotopic (exact) mass is 334 g/mol. The summed E-state index contributed by atoms with van der Waals surface area (Å²) in [6, 6.07) is 0. The second kappa shape index (κ2) is 7.71. The molecule has 0 aromatic carbocycles. The van der Waals surface area contributed by atoms with E-state index in [9.17, 15) is 9.59 Å². The molecule has 24 heavy (non-hydrogen) atoms. The summed E-state index contributed by atoms with van der Waals surface area (Å²) in [5.41, 5.74) is 0.221. The summed E-state index contributed by atoms with van der Waals surface area (Å²) in [4.78, 5) is 23.4. The van der Waals surface area contributed by atoms with E-state index in [1.165, 1.54) is 50.7 Å². The molecule has 4 bridgehead atoms. The SMILES string of the molecule is CCCCCOC(=O)/C=C/C(=O)OCC12CC3CC(CC(C3)C1)C2. The zero-order chi connectivity index (χ0) is 17.0. The summed E-state index contributed by atoms with van der Waals surface area (Å²) in [5, 5.41) is 0. The van der Waals surface area contributed by atoms with Gasteiger partial charge in [0.25, 0.3) is 0 Å². The van der Waals surface area contributed by atoms with Crippen molar-refractivity contribution in [1.29, 1.82) is 0 Å². The molecule has 4 aliphatic rings. The fourth-order valence-electron chi connectivity index (χ4n) is 5.45. The molecule has 0 unspecified atom stereocenters. The van der Waals surface area contributed by atoms with Crippen molar-refractivity contribution in [1.82, 2.24) is 0 Å². The van der Waals surface area contributed by atoms with Crippen LogP contribution in [0.4, 0.5) is 0 Å². The lowest BCUT2D eigenvalue weighted by Crippen LogP contribution is -2.48. The Morgan fingerprint density at radius 2 is 1.46 bits per heavy atom. The van der Waals surface area contributed by atoms with E-state index in [1.807, 2.05) is 0 Å².